The van der Waals surface area contributed by atoms with E-state index in [9.17, 15) is 0 Å². The number of hydrogen-bond acceptors (Lipinski definition) is 5. The maximum atomic E-state index is 5.60. The Balaban J connectivity index is 1.30. The third kappa shape index (κ3) is 5.84. The van der Waals surface area contributed by atoms with E-state index in [1.165, 1.54) is 31.2 Å². The molecule has 162 valence electrons. The second-order valence-electron chi connectivity index (χ2n) is 7.71. The van der Waals surface area contributed by atoms with E-state index in [4.69, 9.17) is 4.42 Å². The topological polar surface area (TPSA) is 78.6 Å². The minimum absolute atomic E-state index is 0.533. The first-order valence-corrected chi connectivity index (χ1v) is 11.0. The van der Waals surface area contributed by atoms with E-state index in [-0.39, 0.29) is 0 Å². The van der Waals surface area contributed by atoms with Gasteiger partial charge in [0.05, 0.1) is 12.2 Å². The fourth-order valence-corrected chi connectivity index (χ4v) is 3.73. The second-order valence-corrected chi connectivity index (χ2v) is 7.71. The Morgan fingerprint density at radius 1 is 1.03 bits per heavy atom. The minimum atomic E-state index is 0.533. The van der Waals surface area contributed by atoms with Crippen LogP contribution in [0.15, 0.2) is 64.3 Å². The summed E-state index contributed by atoms with van der Waals surface area (Å²) in [6, 6.07) is 14.1. The van der Waals surface area contributed by atoms with Gasteiger partial charge in [0.15, 0.2) is 5.96 Å². The van der Waals surface area contributed by atoms with Crippen LogP contribution < -0.4 is 15.5 Å². The highest BCUT2D eigenvalue weighted by molar-refractivity contribution is 5.79. The van der Waals surface area contributed by atoms with Crippen molar-refractivity contribution in [3.05, 3.63) is 66.2 Å². The summed E-state index contributed by atoms with van der Waals surface area (Å²) in [4.78, 5) is 15.9. The van der Waals surface area contributed by atoms with Crippen LogP contribution in [0.2, 0.25) is 0 Å². The van der Waals surface area contributed by atoms with Crippen LogP contribution in [-0.2, 0) is 13.1 Å². The van der Waals surface area contributed by atoms with E-state index in [0.717, 1.165) is 36.1 Å². The number of aliphatic imine (C=N–C) groups is 1. The van der Waals surface area contributed by atoms with Gasteiger partial charge < -0.3 is 20.0 Å². The zero-order valence-corrected chi connectivity index (χ0v) is 18.1. The molecule has 1 aromatic carbocycles. The summed E-state index contributed by atoms with van der Waals surface area (Å²) in [5.41, 5.74) is 2.98. The average molecular weight is 419 g/mol. The van der Waals surface area contributed by atoms with E-state index >= 15 is 0 Å². The zero-order chi connectivity index (χ0) is 21.3. The van der Waals surface area contributed by atoms with Crippen LogP contribution in [0.4, 0.5) is 5.82 Å². The lowest BCUT2D eigenvalue weighted by atomic mass is 10.2. The fraction of sp³-hybridized carbons (Fsp3) is 0.375. The molecule has 3 heterocycles. The highest BCUT2D eigenvalue weighted by atomic mass is 16.3. The molecular formula is C24H30N6O. The molecule has 0 saturated carbocycles. The number of anilines is 1. The van der Waals surface area contributed by atoms with Crippen molar-refractivity contribution < 1.29 is 4.42 Å². The molecule has 4 rings (SSSR count). The molecule has 7 heteroatoms. The van der Waals surface area contributed by atoms with Crippen molar-refractivity contribution in [3.63, 3.8) is 0 Å². The number of nitrogens with zero attached hydrogens (tertiary/aromatic N) is 4. The van der Waals surface area contributed by atoms with Crippen LogP contribution in [0.1, 0.15) is 36.9 Å². The van der Waals surface area contributed by atoms with Gasteiger partial charge in [-0.1, -0.05) is 31.0 Å². The van der Waals surface area contributed by atoms with Gasteiger partial charge in [-0.3, -0.25) is 4.99 Å². The summed E-state index contributed by atoms with van der Waals surface area (Å²) in [5, 5.41) is 6.67. The maximum absolute atomic E-state index is 5.60. The Labute approximate surface area is 183 Å². The predicted molar refractivity (Wildman–Crippen MR) is 124 cm³/mol. The molecule has 7 nitrogen and oxygen atoms in total. The number of rotatable bonds is 6. The standard InChI is InChI=1S/C24H30N6O/c1-25-24(28-17-21-18-31-23(29-21)20-9-5-4-6-10-20)27-16-19-11-12-26-22(15-19)30-13-7-2-3-8-14-30/h4-6,9-12,15,18H,2-3,7-8,13-14,16-17H2,1H3,(H2,25,27,28). The molecule has 0 spiro atoms. The lowest BCUT2D eigenvalue weighted by Gasteiger charge is -2.22. The van der Waals surface area contributed by atoms with Crippen molar-refractivity contribution in [1.29, 1.82) is 0 Å². The lowest BCUT2D eigenvalue weighted by Crippen LogP contribution is -2.36. The number of nitrogens with one attached hydrogen (secondary N) is 2. The summed E-state index contributed by atoms with van der Waals surface area (Å²) in [5.74, 6) is 2.41. The number of hydrogen-bond donors (Lipinski definition) is 2. The number of aromatic nitrogens is 2. The molecule has 1 aliphatic heterocycles. The first-order valence-electron chi connectivity index (χ1n) is 11.0. The van der Waals surface area contributed by atoms with Crippen molar-refractivity contribution >= 4 is 11.8 Å². The number of oxazole rings is 1. The Hall–Kier alpha value is -3.35. The zero-order valence-electron chi connectivity index (χ0n) is 18.1. The predicted octanol–water partition coefficient (Wildman–Crippen LogP) is 3.98. The van der Waals surface area contributed by atoms with Crippen LogP contribution in [0.5, 0.6) is 0 Å². The van der Waals surface area contributed by atoms with Crippen LogP contribution >= 0.6 is 0 Å². The molecule has 2 N–H and O–H groups in total. The van der Waals surface area contributed by atoms with Crippen molar-refractivity contribution in [2.45, 2.75) is 38.8 Å². The summed E-state index contributed by atoms with van der Waals surface area (Å²) < 4.78 is 5.60. The van der Waals surface area contributed by atoms with Gasteiger partial charge in [0.25, 0.3) is 0 Å². The first-order chi connectivity index (χ1) is 15.3. The Morgan fingerprint density at radius 2 is 1.81 bits per heavy atom. The number of guanidine groups is 1. The molecule has 3 aromatic rings. The SMILES string of the molecule is CN=C(NCc1ccnc(N2CCCCCC2)c1)NCc1coc(-c2ccccc2)n1. The summed E-state index contributed by atoms with van der Waals surface area (Å²) in [7, 11) is 1.77. The van der Waals surface area contributed by atoms with Crippen molar-refractivity contribution in [2.75, 3.05) is 25.0 Å². The van der Waals surface area contributed by atoms with Gasteiger partial charge in [-0.15, -0.1) is 0 Å². The summed E-state index contributed by atoms with van der Waals surface area (Å²) in [6.07, 6.45) is 8.70. The van der Waals surface area contributed by atoms with Crippen LogP contribution in [-0.4, -0.2) is 36.1 Å². The molecule has 1 saturated heterocycles. The van der Waals surface area contributed by atoms with Crippen molar-refractivity contribution in [2.24, 2.45) is 4.99 Å². The second kappa shape index (κ2) is 10.6. The van der Waals surface area contributed by atoms with Crippen LogP contribution in [0, 0.1) is 0 Å². The van der Waals surface area contributed by atoms with Gasteiger partial charge in [-0.05, 0) is 42.7 Å². The van der Waals surface area contributed by atoms with Crippen molar-refractivity contribution in [3.8, 4) is 11.5 Å². The molecule has 1 fully saturated rings. The summed E-state index contributed by atoms with van der Waals surface area (Å²) >= 11 is 0. The lowest BCUT2D eigenvalue weighted by molar-refractivity contribution is 0.572. The molecule has 0 bridgehead atoms. The minimum Gasteiger partial charge on any atom is -0.444 e. The monoisotopic (exact) mass is 418 g/mol. The fourth-order valence-electron chi connectivity index (χ4n) is 3.73. The molecule has 0 radical (unpaired) electrons. The Kier molecular flexibility index (Phi) is 7.16. The maximum Gasteiger partial charge on any atom is 0.226 e. The van der Waals surface area contributed by atoms with Crippen LogP contribution in [0.3, 0.4) is 0 Å². The molecule has 0 amide bonds. The van der Waals surface area contributed by atoms with Gasteiger partial charge in [-0.2, -0.15) is 0 Å². The molecule has 2 aromatic heterocycles. The molecule has 31 heavy (non-hydrogen) atoms. The third-order valence-electron chi connectivity index (χ3n) is 5.43. The van der Waals surface area contributed by atoms with Gasteiger partial charge in [0.2, 0.25) is 5.89 Å². The smallest absolute Gasteiger partial charge is 0.226 e. The van der Waals surface area contributed by atoms with E-state index in [1.54, 1.807) is 13.3 Å². The molecule has 0 unspecified atom stereocenters. The van der Waals surface area contributed by atoms with Gasteiger partial charge in [0.1, 0.15) is 12.1 Å². The highest BCUT2D eigenvalue weighted by Gasteiger charge is 2.12. The largest absolute Gasteiger partial charge is 0.444 e. The number of benzene rings is 1. The van der Waals surface area contributed by atoms with E-state index in [2.05, 4.69) is 36.6 Å². The Morgan fingerprint density at radius 3 is 2.58 bits per heavy atom. The molecule has 0 aliphatic carbocycles. The van der Waals surface area contributed by atoms with E-state index in [1.807, 2.05) is 42.6 Å². The molecule has 0 atom stereocenters. The van der Waals surface area contributed by atoms with Crippen LogP contribution in [0.25, 0.3) is 11.5 Å². The molecule has 1 aliphatic rings. The van der Waals surface area contributed by atoms with E-state index in [0.29, 0.717) is 19.0 Å². The normalized spacial score (nSPS) is 14.9. The van der Waals surface area contributed by atoms with Gasteiger partial charge >= 0.3 is 0 Å². The van der Waals surface area contributed by atoms with Crippen molar-refractivity contribution in [1.82, 2.24) is 20.6 Å². The Bertz CT molecular complexity index is 976. The van der Waals surface area contributed by atoms with Gasteiger partial charge in [-0.25, -0.2) is 9.97 Å². The summed E-state index contributed by atoms with van der Waals surface area (Å²) in [6.45, 7) is 3.40. The van der Waals surface area contributed by atoms with Gasteiger partial charge in [0, 0.05) is 38.4 Å². The quantitative estimate of drug-likeness (QED) is 0.466. The third-order valence-corrected chi connectivity index (χ3v) is 5.43. The highest BCUT2D eigenvalue weighted by Crippen LogP contribution is 2.19. The first kappa shape index (κ1) is 20.9. The average Bonchev–Trinajstić information content (AvgIpc) is 3.13. The number of pyridine rings is 1. The van der Waals surface area contributed by atoms with E-state index < -0.39 is 0 Å². The molecular weight excluding hydrogens is 388 g/mol.